The fourth-order valence-corrected chi connectivity index (χ4v) is 4.75. The summed E-state index contributed by atoms with van der Waals surface area (Å²) in [6, 6.07) is 8.54. The van der Waals surface area contributed by atoms with Crippen molar-refractivity contribution in [2.45, 2.75) is 26.8 Å². The van der Waals surface area contributed by atoms with Crippen molar-refractivity contribution in [2.24, 2.45) is 11.8 Å². The number of hydrogen-bond acceptors (Lipinski definition) is 6. The first-order valence-electron chi connectivity index (χ1n) is 10.6. The summed E-state index contributed by atoms with van der Waals surface area (Å²) in [4.78, 5) is 15.6. The fraction of sp³-hybridized carbons (Fsp3) is 0.400. The minimum Gasteiger partial charge on any atom is -0.507 e. The van der Waals surface area contributed by atoms with Crippen molar-refractivity contribution >= 4 is 11.0 Å². The van der Waals surface area contributed by atoms with Crippen molar-refractivity contribution in [3.05, 3.63) is 52.4 Å². The molecule has 2 heterocycles. The van der Waals surface area contributed by atoms with E-state index in [1.807, 2.05) is 0 Å². The SMILES string of the molecule is COc1ccc(-c2coc3c(CN4CC(C)CC(C)C4)c(O)ccc3c2=O)cc1OC. The Balaban J connectivity index is 1.76. The second-order valence-corrected chi connectivity index (χ2v) is 8.63. The van der Waals surface area contributed by atoms with Gasteiger partial charge in [0.1, 0.15) is 17.6 Å². The number of rotatable bonds is 5. The van der Waals surface area contributed by atoms with Gasteiger partial charge in [-0.3, -0.25) is 9.69 Å². The predicted octanol–water partition coefficient (Wildman–Crippen LogP) is 4.66. The molecule has 2 aromatic carbocycles. The molecule has 6 nitrogen and oxygen atoms in total. The number of likely N-dealkylation sites (tertiary alicyclic amines) is 1. The Labute approximate surface area is 182 Å². The number of aromatic hydroxyl groups is 1. The van der Waals surface area contributed by atoms with Crippen LogP contribution in [0.5, 0.6) is 17.2 Å². The van der Waals surface area contributed by atoms with Crippen LogP contribution in [0.15, 0.2) is 45.8 Å². The van der Waals surface area contributed by atoms with Crippen molar-refractivity contribution in [3.8, 4) is 28.4 Å². The molecule has 0 amide bonds. The third-order valence-corrected chi connectivity index (χ3v) is 6.04. The van der Waals surface area contributed by atoms with Gasteiger partial charge in [0.15, 0.2) is 11.5 Å². The van der Waals surface area contributed by atoms with E-state index >= 15 is 0 Å². The number of nitrogens with zero attached hydrogens (tertiary/aromatic N) is 1. The second kappa shape index (κ2) is 8.63. The number of phenolic OH excluding ortho intramolecular Hbond substituents is 1. The van der Waals surface area contributed by atoms with Crippen molar-refractivity contribution < 1.29 is 19.0 Å². The molecule has 1 saturated heterocycles. The lowest BCUT2D eigenvalue weighted by atomic mass is 9.91. The molecule has 4 rings (SSSR count). The normalized spacial score (nSPS) is 19.5. The lowest BCUT2D eigenvalue weighted by Gasteiger charge is -2.35. The number of phenols is 1. The number of benzene rings is 2. The average molecular weight is 424 g/mol. The van der Waals surface area contributed by atoms with E-state index in [0.717, 1.165) is 13.1 Å². The molecule has 0 spiro atoms. The van der Waals surface area contributed by atoms with Crippen LogP contribution >= 0.6 is 0 Å². The molecule has 164 valence electrons. The number of piperidine rings is 1. The van der Waals surface area contributed by atoms with Gasteiger partial charge in [0.05, 0.1) is 30.7 Å². The van der Waals surface area contributed by atoms with E-state index in [0.29, 0.717) is 57.5 Å². The second-order valence-electron chi connectivity index (χ2n) is 8.63. The molecule has 1 aromatic heterocycles. The first-order chi connectivity index (χ1) is 14.9. The number of fused-ring (bicyclic) bond motifs is 1. The van der Waals surface area contributed by atoms with Crippen LogP contribution in [-0.2, 0) is 6.54 Å². The molecule has 0 radical (unpaired) electrons. The van der Waals surface area contributed by atoms with Crippen LogP contribution in [0, 0.1) is 11.8 Å². The molecule has 6 heteroatoms. The summed E-state index contributed by atoms with van der Waals surface area (Å²) >= 11 is 0. The van der Waals surface area contributed by atoms with Crippen molar-refractivity contribution in [1.82, 2.24) is 4.90 Å². The Morgan fingerprint density at radius 3 is 2.45 bits per heavy atom. The smallest absolute Gasteiger partial charge is 0.200 e. The summed E-state index contributed by atoms with van der Waals surface area (Å²) in [6.07, 6.45) is 2.68. The first-order valence-corrected chi connectivity index (χ1v) is 10.6. The zero-order valence-corrected chi connectivity index (χ0v) is 18.5. The molecule has 1 N–H and O–H groups in total. The van der Waals surface area contributed by atoms with Gasteiger partial charge in [-0.15, -0.1) is 0 Å². The highest BCUT2D eigenvalue weighted by Crippen LogP contribution is 2.34. The van der Waals surface area contributed by atoms with Crippen LogP contribution < -0.4 is 14.9 Å². The highest BCUT2D eigenvalue weighted by Gasteiger charge is 2.24. The van der Waals surface area contributed by atoms with Gasteiger partial charge in [0.25, 0.3) is 0 Å². The Morgan fingerprint density at radius 1 is 1.06 bits per heavy atom. The van der Waals surface area contributed by atoms with E-state index in [1.165, 1.54) is 12.7 Å². The molecule has 1 aliphatic heterocycles. The largest absolute Gasteiger partial charge is 0.507 e. The third-order valence-electron chi connectivity index (χ3n) is 6.04. The third kappa shape index (κ3) is 4.12. The van der Waals surface area contributed by atoms with Crippen LogP contribution in [0.3, 0.4) is 0 Å². The number of methoxy groups -OCH3 is 2. The molecule has 1 fully saturated rings. The molecule has 2 unspecified atom stereocenters. The zero-order valence-electron chi connectivity index (χ0n) is 18.5. The Hall–Kier alpha value is -2.99. The molecule has 0 aliphatic carbocycles. The number of ether oxygens (including phenoxy) is 2. The van der Waals surface area contributed by atoms with E-state index in [9.17, 15) is 9.90 Å². The van der Waals surface area contributed by atoms with E-state index in [4.69, 9.17) is 13.9 Å². The van der Waals surface area contributed by atoms with Crippen LogP contribution in [-0.4, -0.2) is 37.3 Å². The molecule has 0 bridgehead atoms. The van der Waals surface area contributed by atoms with Gasteiger partial charge in [0, 0.05) is 19.6 Å². The van der Waals surface area contributed by atoms with Gasteiger partial charge in [0.2, 0.25) is 5.43 Å². The standard InChI is InChI=1S/C25H29NO5/c1-15-9-16(2)12-26(11-15)13-19-21(27)7-6-18-24(28)20(14-31-25(18)19)17-5-8-22(29-3)23(10-17)30-4/h5-8,10,14-16,27H,9,11-13H2,1-4H3. The predicted molar refractivity (Wildman–Crippen MR) is 121 cm³/mol. The molecule has 2 atom stereocenters. The highest BCUT2D eigenvalue weighted by molar-refractivity contribution is 5.85. The van der Waals surface area contributed by atoms with Gasteiger partial charge in [-0.2, -0.15) is 0 Å². The molecule has 1 aliphatic rings. The van der Waals surface area contributed by atoms with Crippen molar-refractivity contribution in [1.29, 1.82) is 0 Å². The monoisotopic (exact) mass is 423 g/mol. The van der Waals surface area contributed by atoms with Crippen LogP contribution in [0.1, 0.15) is 25.8 Å². The Kier molecular flexibility index (Phi) is 5.92. The van der Waals surface area contributed by atoms with Gasteiger partial charge >= 0.3 is 0 Å². The van der Waals surface area contributed by atoms with E-state index in [2.05, 4.69) is 18.7 Å². The maximum atomic E-state index is 13.3. The highest BCUT2D eigenvalue weighted by atomic mass is 16.5. The summed E-state index contributed by atoms with van der Waals surface area (Å²) in [5.74, 6) is 2.49. The topological polar surface area (TPSA) is 72.1 Å². The quantitative estimate of drug-likeness (QED) is 0.644. The van der Waals surface area contributed by atoms with Crippen LogP contribution in [0.4, 0.5) is 0 Å². The average Bonchev–Trinajstić information content (AvgIpc) is 2.75. The lowest BCUT2D eigenvalue weighted by Crippen LogP contribution is -2.38. The van der Waals surface area contributed by atoms with Crippen LogP contribution in [0.25, 0.3) is 22.1 Å². The summed E-state index contributed by atoms with van der Waals surface area (Å²) in [5, 5.41) is 11.0. The van der Waals surface area contributed by atoms with E-state index < -0.39 is 0 Å². The van der Waals surface area contributed by atoms with Gasteiger partial charge in [-0.05, 0) is 48.1 Å². The van der Waals surface area contributed by atoms with Gasteiger partial charge < -0.3 is 19.0 Å². The Bertz CT molecular complexity index is 1140. The molecule has 3 aromatic rings. The summed E-state index contributed by atoms with van der Waals surface area (Å²) in [6.45, 7) is 6.99. The number of hydrogen-bond donors (Lipinski definition) is 1. The van der Waals surface area contributed by atoms with Crippen LogP contribution in [0.2, 0.25) is 0 Å². The zero-order chi connectivity index (χ0) is 22.1. The van der Waals surface area contributed by atoms with Gasteiger partial charge in [-0.25, -0.2) is 0 Å². The minimum absolute atomic E-state index is 0.143. The van der Waals surface area contributed by atoms with E-state index in [-0.39, 0.29) is 11.2 Å². The molecule has 31 heavy (non-hydrogen) atoms. The fourth-order valence-electron chi connectivity index (χ4n) is 4.75. The Morgan fingerprint density at radius 2 is 1.77 bits per heavy atom. The minimum atomic E-state index is -0.143. The van der Waals surface area contributed by atoms with Crippen molar-refractivity contribution in [3.63, 3.8) is 0 Å². The van der Waals surface area contributed by atoms with Crippen molar-refractivity contribution in [2.75, 3.05) is 27.3 Å². The molecular formula is C25H29NO5. The summed E-state index contributed by atoms with van der Waals surface area (Å²) in [5.41, 5.74) is 2.08. The van der Waals surface area contributed by atoms with E-state index in [1.54, 1.807) is 44.6 Å². The summed E-state index contributed by atoms with van der Waals surface area (Å²) < 4.78 is 16.6. The lowest BCUT2D eigenvalue weighted by molar-refractivity contribution is 0.133. The summed E-state index contributed by atoms with van der Waals surface area (Å²) in [7, 11) is 3.13. The molecular weight excluding hydrogens is 394 g/mol. The maximum Gasteiger partial charge on any atom is 0.200 e. The molecule has 0 saturated carbocycles. The van der Waals surface area contributed by atoms with Gasteiger partial charge in [-0.1, -0.05) is 19.9 Å². The maximum absolute atomic E-state index is 13.3. The first kappa shape index (κ1) is 21.2.